The van der Waals surface area contributed by atoms with E-state index in [4.69, 9.17) is 11.6 Å². The van der Waals surface area contributed by atoms with Gasteiger partial charge in [0.2, 0.25) is 0 Å². The van der Waals surface area contributed by atoms with Crippen LogP contribution in [0, 0.1) is 0 Å². The van der Waals surface area contributed by atoms with Crippen molar-refractivity contribution in [3.63, 3.8) is 0 Å². The van der Waals surface area contributed by atoms with E-state index in [0.29, 0.717) is 22.5 Å². The maximum Gasteiger partial charge on any atom is 0.261 e. The lowest BCUT2D eigenvalue weighted by atomic mass is 10.2. The van der Waals surface area contributed by atoms with Gasteiger partial charge >= 0.3 is 0 Å². The Balaban J connectivity index is 1.51. The highest BCUT2D eigenvalue weighted by molar-refractivity contribution is 6.31. The lowest BCUT2D eigenvalue weighted by Crippen LogP contribution is -2.29. The van der Waals surface area contributed by atoms with E-state index in [2.05, 4.69) is 21.7 Å². The van der Waals surface area contributed by atoms with Crippen LogP contribution in [0.25, 0.3) is 32.7 Å². The monoisotopic (exact) mass is 403 g/mol. The highest BCUT2D eigenvalue weighted by atomic mass is 35.5. The van der Waals surface area contributed by atoms with Crippen LogP contribution in [0.3, 0.4) is 0 Å². The van der Waals surface area contributed by atoms with Gasteiger partial charge in [-0.2, -0.15) is 0 Å². The molecule has 0 unspecified atom stereocenters. The molecule has 5 rings (SSSR count). The summed E-state index contributed by atoms with van der Waals surface area (Å²) in [6, 6.07) is 21.3. The van der Waals surface area contributed by atoms with Crippen LogP contribution < -0.4 is 5.56 Å². The molecule has 2 heterocycles. The molecule has 0 aliphatic heterocycles. The Morgan fingerprint density at radius 3 is 2.24 bits per heavy atom. The largest absolute Gasteiger partial charge is 0.389 e. The van der Waals surface area contributed by atoms with E-state index < -0.39 is 6.10 Å². The smallest absolute Gasteiger partial charge is 0.261 e. The van der Waals surface area contributed by atoms with Crippen LogP contribution in [-0.2, 0) is 13.1 Å². The van der Waals surface area contributed by atoms with E-state index in [0.717, 1.165) is 21.8 Å². The fourth-order valence-electron chi connectivity index (χ4n) is 3.96. The van der Waals surface area contributed by atoms with Gasteiger partial charge in [-0.1, -0.05) is 48.0 Å². The third kappa shape index (κ3) is 3.09. The summed E-state index contributed by atoms with van der Waals surface area (Å²) >= 11 is 6.03. The van der Waals surface area contributed by atoms with E-state index in [1.54, 1.807) is 18.2 Å². The molecule has 0 aliphatic rings. The molecule has 5 nitrogen and oxygen atoms in total. The molecule has 1 N–H and O–H groups in total. The number of fused-ring (bicyclic) bond motifs is 4. The summed E-state index contributed by atoms with van der Waals surface area (Å²) in [6.07, 6.45) is 0.721. The summed E-state index contributed by atoms with van der Waals surface area (Å²) in [5, 5.41) is 14.0. The second-order valence-corrected chi connectivity index (χ2v) is 7.60. The van der Waals surface area contributed by atoms with Crippen molar-refractivity contribution in [1.29, 1.82) is 0 Å². The normalized spacial score (nSPS) is 12.8. The van der Waals surface area contributed by atoms with E-state index in [1.807, 2.05) is 36.4 Å². The maximum atomic E-state index is 12.8. The SMILES string of the molecule is O=c1c2cc(Cl)ccc2ncn1C[C@@H](O)Cn1c2ccccc2c2ccccc21. The van der Waals surface area contributed by atoms with Gasteiger partial charge in [0.1, 0.15) is 0 Å². The second-order valence-electron chi connectivity index (χ2n) is 7.16. The van der Waals surface area contributed by atoms with Crippen molar-refractivity contribution >= 4 is 44.3 Å². The van der Waals surface area contributed by atoms with Gasteiger partial charge in [-0.3, -0.25) is 9.36 Å². The van der Waals surface area contributed by atoms with Crippen LogP contribution in [0.5, 0.6) is 0 Å². The van der Waals surface area contributed by atoms with E-state index in [1.165, 1.54) is 10.9 Å². The second kappa shape index (κ2) is 7.03. The quantitative estimate of drug-likeness (QED) is 0.488. The van der Waals surface area contributed by atoms with Gasteiger partial charge < -0.3 is 9.67 Å². The molecule has 0 fully saturated rings. The summed E-state index contributed by atoms with van der Waals surface area (Å²) in [7, 11) is 0. The van der Waals surface area contributed by atoms with Crippen molar-refractivity contribution in [2.45, 2.75) is 19.2 Å². The van der Waals surface area contributed by atoms with Crippen molar-refractivity contribution in [1.82, 2.24) is 14.1 Å². The summed E-state index contributed by atoms with van der Waals surface area (Å²) in [4.78, 5) is 17.1. The van der Waals surface area contributed by atoms with E-state index in [-0.39, 0.29) is 12.1 Å². The summed E-state index contributed by atoms with van der Waals surface area (Å²) in [6.45, 7) is 0.517. The molecule has 0 saturated carbocycles. The first-order valence-corrected chi connectivity index (χ1v) is 9.78. The number of nitrogens with zero attached hydrogens (tertiary/aromatic N) is 3. The van der Waals surface area contributed by atoms with Crippen LogP contribution in [0.1, 0.15) is 0 Å². The highest BCUT2D eigenvalue weighted by Gasteiger charge is 2.15. The number of hydrogen-bond acceptors (Lipinski definition) is 3. The van der Waals surface area contributed by atoms with Crippen molar-refractivity contribution in [3.8, 4) is 0 Å². The topological polar surface area (TPSA) is 60.1 Å². The van der Waals surface area contributed by atoms with Gasteiger partial charge in [0, 0.05) is 26.8 Å². The molecular formula is C23H18ClN3O2. The van der Waals surface area contributed by atoms with Crippen LogP contribution in [0.2, 0.25) is 5.02 Å². The lowest BCUT2D eigenvalue weighted by molar-refractivity contribution is 0.135. The molecule has 0 saturated heterocycles. The van der Waals surface area contributed by atoms with Crippen LogP contribution in [0.4, 0.5) is 0 Å². The van der Waals surface area contributed by atoms with Gasteiger partial charge in [-0.05, 0) is 30.3 Å². The fourth-order valence-corrected chi connectivity index (χ4v) is 4.13. The van der Waals surface area contributed by atoms with Gasteiger partial charge in [-0.15, -0.1) is 0 Å². The first-order chi connectivity index (χ1) is 14.1. The number of aliphatic hydroxyl groups excluding tert-OH is 1. The minimum Gasteiger partial charge on any atom is -0.389 e. The minimum absolute atomic E-state index is 0.148. The fraction of sp³-hybridized carbons (Fsp3) is 0.130. The van der Waals surface area contributed by atoms with Gasteiger partial charge in [0.25, 0.3) is 5.56 Å². The number of aromatic nitrogens is 3. The van der Waals surface area contributed by atoms with Crippen LogP contribution in [-0.4, -0.2) is 25.3 Å². The van der Waals surface area contributed by atoms with Crippen molar-refractivity contribution < 1.29 is 5.11 Å². The average Bonchev–Trinajstić information content (AvgIpc) is 3.05. The Labute approximate surface area is 171 Å². The average molecular weight is 404 g/mol. The molecule has 0 bridgehead atoms. The molecule has 144 valence electrons. The molecule has 0 radical (unpaired) electrons. The molecule has 3 aromatic carbocycles. The number of benzene rings is 3. The van der Waals surface area contributed by atoms with Gasteiger partial charge in [0.05, 0.1) is 36.4 Å². The summed E-state index contributed by atoms with van der Waals surface area (Å²) in [5.74, 6) is 0. The number of aliphatic hydroxyl groups is 1. The number of rotatable bonds is 4. The predicted molar refractivity (Wildman–Crippen MR) is 116 cm³/mol. The predicted octanol–water partition coefficient (Wildman–Crippen LogP) is 4.22. The Morgan fingerprint density at radius 1 is 0.897 bits per heavy atom. The Kier molecular flexibility index (Phi) is 4.34. The lowest BCUT2D eigenvalue weighted by Gasteiger charge is -2.15. The molecule has 1 atom stereocenters. The van der Waals surface area contributed by atoms with Crippen LogP contribution >= 0.6 is 11.6 Å². The first-order valence-electron chi connectivity index (χ1n) is 9.40. The standard InChI is InChI=1S/C23H18ClN3O2/c24-15-9-10-20-19(11-15)23(29)26(14-25-20)12-16(28)13-27-21-7-3-1-5-17(21)18-6-2-4-8-22(18)27/h1-11,14,16,28H,12-13H2/t16-/m1/s1. The van der Waals surface area contributed by atoms with Gasteiger partial charge in [-0.25, -0.2) is 4.98 Å². The molecule has 0 spiro atoms. The zero-order chi connectivity index (χ0) is 20.0. The zero-order valence-corrected chi connectivity index (χ0v) is 16.3. The summed E-state index contributed by atoms with van der Waals surface area (Å²) < 4.78 is 3.54. The summed E-state index contributed by atoms with van der Waals surface area (Å²) in [5.41, 5.74) is 2.50. The maximum absolute atomic E-state index is 12.8. The third-order valence-electron chi connectivity index (χ3n) is 5.27. The molecule has 6 heteroatoms. The highest BCUT2D eigenvalue weighted by Crippen LogP contribution is 2.28. The molecular weight excluding hydrogens is 386 g/mol. The molecule has 0 amide bonds. The molecule has 5 aromatic rings. The molecule has 2 aromatic heterocycles. The van der Waals surface area contributed by atoms with E-state index >= 15 is 0 Å². The number of halogens is 1. The Hall–Kier alpha value is -3.15. The van der Waals surface area contributed by atoms with Gasteiger partial charge in [0.15, 0.2) is 0 Å². The number of para-hydroxylation sites is 2. The van der Waals surface area contributed by atoms with Crippen LogP contribution in [0.15, 0.2) is 77.9 Å². The van der Waals surface area contributed by atoms with E-state index in [9.17, 15) is 9.90 Å². The molecule has 29 heavy (non-hydrogen) atoms. The minimum atomic E-state index is -0.759. The van der Waals surface area contributed by atoms with Crippen molar-refractivity contribution in [3.05, 3.63) is 88.4 Å². The molecule has 0 aliphatic carbocycles. The first kappa shape index (κ1) is 17.9. The third-order valence-corrected chi connectivity index (χ3v) is 5.50. The zero-order valence-electron chi connectivity index (χ0n) is 15.5. The Morgan fingerprint density at radius 2 is 1.55 bits per heavy atom. The van der Waals surface area contributed by atoms with Crippen molar-refractivity contribution in [2.75, 3.05) is 0 Å². The Bertz CT molecular complexity index is 1370. The van der Waals surface area contributed by atoms with Crippen molar-refractivity contribution in [2.24, 2.45) is 0 Å². The number of hydrogen-bond donors (Lipinski definition) is 1.